The first-order chi connectivity index (χ1) is 14.0. The Balaban J connectivity index is 1.93. The van der Waals surface area contributed by atoms with Crippen LogP contribution in [0.4, 0.5) is 0 Å². The zero-order valence-corrected chi connectivity index (χ0v) is 17.2. The van der Waals surface area contributed by atoms with Crippen LogP contribution in [0.5, 0.6) is 0 Å². The van der Waals surface area contributed by atoms with Crippen LogP contribution in [-0.2, 0) is 10.1 Å². The highest BCUT2D eigenvalue weighted by molar-refractivity contribution is 7.85. The molecule has 0 aliphatic rings. The van der Waals surface area contributed by atoms with Crippen molar-refractivity contribution in [1.82, 2.24) is 0 Å². The van der Waals surface area contributed by atoms with E-state index in [1.165, 1.54) is 22.7 Å². The minimum Gasteiger partial charge on any atom is -0.282 e. The van der Waals surface area contributed by atoms with E-state index in [2.05, 4.69) is 30.3 Å². The summed E-state index contributed by atoms with van der Waals surface area (Å²) < 4.78 is 32.7. The number of benzene rings is 4. The molecule has 4 aromatic carbocycles. The molecular formula is C24H19O3PS. The third-order valence-electron chi connectivity index (χ3n) is 4.62. The standard InChI is InChI=1S/C24H19O3PS/c25-29(26,27)22-15-9-10-19(18-22)23-16-7-8-17-24(23)28(20-11-3-1-4-12-20)21-13-5-2-6-14-21/h1-18H,(H,25,26,27). The summed E-state index contributed by atoms with van der Waals surface area (Å²) in [5.41, 5.74) is 1.71. The first kappa shape index (κ1) is 19.5. The van der Waals surface area contributed by atoms with E-state index in [0.29, 0.717) is 0 Å². The number of hydrogen-bond donors (Lipinski definition) is 1. The lowest BCUT2D eigenvalue weighted by Gasteiger charge is -2.22. The van der Waals surface area contributed by atoms with Gasteiger partial charge in [-0.2, -0.15) is 8.42 Å². The first-order valence-electron chi connectivity index (χ1n) is 9.11. The van der Waals surface area contributed by atoms with E-state index in [1.807, 2.05) is 60.7 Å². The molecule has 0 spiro atoms. The molecule has 0 amide bonds. The lowest BCUT2D eigenvalue weighted by atomic mass is 10.1. The van der Waals surface area contributed by atoms with Gasteiger partial charge < -0.3 is 0 Å². The van der Waals surface area contributed by atoms with E-state index in [-0.39, 0.29) is 4.90 Å². The van der Waals surface area contributed by atoms with Gasteiger partial charge in [-0.15, -0.1) is 0 Å². The molecular weight excluding hydrogens is 399 g/mol. The lowest BCUT2D eigenvalue weighted by Crippen LogP contribution is -2.22. The van der Waals surface area contributed by atoms with Gasteiger partial charge in [0.05, 0.1) is 4.90 Å². The Labute approximate surface area is 172 Å². The zero-order chi connectivity index (χ0) is 20.3. The zero-order valence-electron chi connectivity index (χ0n) is 15.5. The van der Waals surface area contributed by atoms with Crippen LogP contribution in [-0.4, -0.2) is 13.0 Å². The van der Waals surface area contributed by atoms with Gasteiger partial charge in [0.2, 0.25) is 0 Å². The van der Waals surface area contributed by atoms with Crippen molar-refractivity contribution in [3.05, 3.63) is 109 Å². The van der Waals surface area contributed by atoms with Crippen LogP contribution in [0.15, 0.2) is 114 Å². The lowest BCUT2D eigenvalue weighted by molar-refractivity contribution is 0.483. The Morgan fingerprint density at radius 3 is 1.76 bits per heavy atom. The van der Waals surface area contributed by atoms with Crippen LogP contribution in [0.25, 0.3) is 11.1 Å². The summed E-state index contributed by atoms with van der Waals surface area (Å²) in [4.78, 5) is -0.103. The Hall–Kier alpha value is -2.78. The van der Waals surface area contributed by atoms with E-state index < -0.39 is 18.0 Å². The van der Waals surface area contributed by atoms with Crippen molar-refractivity contribution in [3.8, 4) is 11.1 Å². The van der Waals surface area contributed by atoms with E-state index >= 15 is 0 Å². The van der Waals surface area contributed by atoms with Gasteiger partial charge in [-0.25, -0.2) is 0 Å². The second-order valence-corrected chi connectivity index (χ2v) is 10.1. The highest BCUT2D eigenvalue weighted by Crippen LogP contribution is 2.37. The summed E-state index contributed by atoms with van der Waals surface area (Å²) in [6.07, 6.45) is 0. The van der Waals surface area contributed by atoms with Crippen molar-refractivity contribution in [2.45, 2.75) is 4.90 Å². The molecule has 144 valence electrons. The van der Waals surface area contributed by atoms with Crippen molar-refractivity contribution in [3.63, 3.8) is 0 Å². The Morgan fingerprint density at radius 2 is 1.17 bits per heavy atom. The average Bonchev–Trinajstić information content (AvgIpc) is 2.75. The third kappa shape index (κ3) is 4.30. The van der Waals surface area contributed by atoms with Gasteiger partial charge in [-0.1, -0.05) is 97.1 Å². The summed E-state index contributed by atoms with van der Waals surface area (Å²) in [5.74, 6) is 0. The highest BCUT2D eigenvalue weighted by Gasteiger charge is 2.20. The Kier molecular flexibility index (Phi) is 5.59. The van der Waals surface area contributed by atoms with E-state index in [0.717, 1.165) is 16.4 Å². The van der Waals surface area contributed by atoms with Crippen molar-refractivity contribution >= 4 is 34.0 Å². The number of hydrogen-bond acceptors (Lipinski definition) is 2. The smallest absolute Gasteiger partial charge is 0.282 e. The Morgan fingerprint density at radius 1 is 0.621 bits per heavy atom. The maximum absolute atomic E-state index is 11.6. The van der Waals surface area contributed by atoms with E-state index in [4.69, 9.17) is 0 Å². The van der Waals surface area contributed by atoms with Crippen molar-refractivity contribution in [1.29, 1.82) is 0 Å². The van der Waals surface area contributed by atoms with E-state index in [9.17, 15) is 13.0 Å². The molecule has 4 aromatic rings. The van der Waals surface area contributed by atoms with Gasteiger partial charge in [0.1, 0.15) is 0 Å². The monoisotopic (exact) mass is 418 g/mol. The molecule has 0 fully saturated rings. The first-order valence-corrected chi connectivity index (χ1v) is 11.9. The maximum Gasteiger partial charge on any atom is 0.294 e. The molecule has 0 saturated carbocycles. The molecule has 0 bridgehead atoms. The highest BCUT2D eigenvalue weighted by atomic mass is 32.2. The molecule has 1 N–H and O–H groups in total. The minimum absolute atomic E-state index is 0.103. The SMILES string of the molecule is O=S(=O)(O)c1cccc(-c2ccccc2P(c2ccccc2)c2ccccc2)c1. The molecule has 0 aliphatic carbocycles. The average molecular weight is 418 g/mol. The quantitative estimate of drug-likeness (QED) is 0.387. The van der Waals surface area contributed by atoms with Crippen LogP contribution >= 0.6 is 7.92 Å². The van der Waals surface area contributed by atoms with Crippen LogP contribution in [0, 0.1) is 0 Å². The molecule has 29 heavy (non-hydrogen) atoms. The molecule has 0 heterocycles. The molecule has 0 saturated heterocycles. The summed E-state index contributed by atoms with van der Waals surface area (Å²) in [5, 5.41) is 3.56. The molecule has 3 nitrogen and oxygen atoms in total. The topological polar surface area (TPSA) is 54.4 Å². The van der Waals surface area contributed by atoms with Gasteiger partial charge in [0.15, 0.2) is 0 Å². The summed E-state index contributed by atoms with van der Waals surface area (Å²) >= 11 is 0. The molecule has 0 aliphatic heterocycles. The molecule has 0 unspecified atom stereocenters. The normalized spacial score (nSPS) is 11.5. The predicted molar refractivity (Wildman–Crippen MR) is 120 cm³/mol. The minimum atomic E-state index is -4.27. The summed E-state index contributed by atoms with van der Waals surface area (Å²) in [6.45, 7) is 0. The van der Waals surface area contributed by atoms with E-state index in [1.54, 1.807) is 6.07 Å². The van der Waals surface area contributed by atoms with Gasteiger partial charge in [-0.3, -0.25) is 4.55 Å². The van der Waals surface area contributed by atoms with Gasteiger partial charge in [0, 0.05) is 0 Å². The van der Waals surface area contributed by atoms with Crippen LogP contribution < -0.4 is 15.9 Å². The molecule has 0 radical (unpaired) electrons. The van der Waals surface area contributed by atoms with Gasteiger partial charge >= 0.3 is 0 Å². The largest absolute Gasteiger partial charge is 0.294 e. The van der Waals surface area contributed by atoms with Crippen LogP contribution in [0.1, 0.15) is 0 Å². The fraction of sp³-hybridized carbons (Fsp3) is 0. The van der Waals surface area contributed by atoms with Crippen molar-refractivity contribution in [2.24, 2.45) is 0 Å². The molecule has 4 rings (SSSR count). The second-order valence-electron chi connectivity index (χ2n) is 6.53. The van der Waals surface area contributed by atoms with Gasteiger partial charge in [-0.05, 0) is 47.1 Å². The fourth-order valence-corrected chi connectivity index (χ4v) is 6.32. The fourth-order valence-electron chi connectivity index (χ4n) is 3.32. The summed E-state index contributed by atoms with van der Waals surface area (Å²) in [7, 11) is -5.11. The third-order valence-corrected chi connectivity index (χ3v) is 7.97. The predicted octanol–water partition coefficient (Wildman–Crippen LogP) is 4.36. The maximum atomic E-state index is 11.6. The summed E-state index contributed by atoms with van der Waals surface area (Å²) in [6, 6.07) is 35.2. The number of rotatable bonds is 5. The van der Waals surface area contributed by atoms with Crippen molar-refractivity contribution in [2.75, 3.05) is 0 Å². The van der Waals surface area contributed by atoms with Crippen LogP contribution in [0.3, 0.4) is 0 Å². The van der Waals surface area contributed by atoms with Gasteiger partial charge in [0.25, 0.3) is 10.1 Å². The Bertz CT molecular complexity index is 1180. The van der Waals surface area contributed by atoms with Crippen LogP contribution in [0.2, 0.25) is 0 Å². The molecule has 5 heteroatoms. The molecule has 0 atom stereocenters. The second kappa shape index (κ2) is 8.30. The molecule has 0 aromatic heterocycles. The van der Waals surface area contributed by atoms with Crippen molar-refractivity contribution < 1.29 is 13.0 Å².